The summed E-state index contributed by atoms with van der Waals surface area (Å²) in [5.41, 5.74) is 7.24. The van der Waals surface area contributed by atoms with Crippen LogP contribution in [0.1, 0.15) is 37.7 Å². The van der Waals surface area contributed by atoms with E-state index in [9.17, 15) is 4.39 Å². The molecule has 0 radical (unpaired) electrons. The van der Waals surface area contributed by atoms with Gasteiger partial charge in [0.25, 0.3) is 0 Å². The van der Waals surface area contributed by atoms with Crippen molar-refractivity contribution < 1.29 is 4.39 Å². The molecule has 2 N–H and O–H groups in total. The predicted octanol–water partition coefficient (Wildman–Crippen LogP) is 4.18. The Hall–Kier alpha value is -0.600. The molecule has 4 unspecified atom stereocenters. The molecule has 19 heavy (non-hydrogen) atoms. The fraction of sp³-hybridized carbons (Fsp3) is 0.625. The van der Waals surface area contributed by atoms with Gasteiger partial charge in [-0.25, -0.2) is 4.39 Å². The van der Waals surface area contributed by atoms with Gasteiger partial charge in [0.15, 0.2) is 0 Å². The van der Waals surface area contributed by atoms with Crippen LogP contribution in [-0.4, -0.2) is 6.04 Å². The van der Waals surface area contributed by atoms with Gasteiger partial charge in [-0.3, -0.25) is 0 Å². The second-order valence-electron chi connectivity index (χ2n) is 6.37. The Labute approximate surface area is 119 Å². The van der Waals surface area contributed by atoms with Crippen LogP contribution in [0.5, 0.6) is 0 Å². The number of hydrogen-bond donors (Lipinski definition) is 1. The molecule has 3 rings (SSSR count). The van der Waals surface area contributed by atoms with Crippen molar-refractivity contribution in [1.29, 1.82) is 0 Å². The molecule has 104 valence electrons. The Kier molecular flexibility index (Phi) is 3.81. The van der Waals surface area contributed by atoms with E-state index in [1.807, 2.05) is 0 Å². The number of rotatable bonds is 4. The van der Waals surface area contributed by atoms with Gasteiger partial charge in [0.1, 0.15) is 5.82 Å². The lowest BCUT2D eigenvalue weighted by atomic mass is 9.83. The van der Waals surface area contributed by atoms with E-state index in [1.54, 1.807) is 6.07 Å². The van der Waals surface area contributed by atoms with E-state index in [-0.39, 0.29) is 11.9 Å². The van der Waals surface area contributed by atoms with Crippen molar-refractivity contribution in [2.24, 2.45) is 23.5 Å². The molecule has 0 saturated heterocycles. The lowest BCUT2D eigenvalue weighted by Crippen LogP contribution is -2.28. The normalized spacial score (nSPS) is 30.8. The number of hydrogen-bond acceptors (Lipinski definition) is 1. The van der Waals surface area contributed by atoms with Crippen LogP contribution in [0.25, 0.3) is 0 Å². The molecular weight excluding hydrogens is 261 g/mol. The van der Waals surface area contributed by atoms with Crippen LogP contribution < -0.4 is 5.73 Å². The Morgan fingerprint density at radius 1 is 1.32 bits per heavy atom. The summed E-state index contributed by atoms with van der Waals surface area (Å²) >= 11 is 6.06. The van der Waals surface area contributed by atoms with Gasteiger partial charge in [-0.2, -0.15) is 0 Å². The first-order valence-electron chi connectivity index (χ1n) is 7.31. The molecule has 0 spiro atoms. The lowest BCUT2D eigenvalue weighted by molar-refractivity contribution is 0.294. The summed E-state index contributed by atoms with van der Waals surface area (Å²) in [5, 5.41) is 0.503. The van der Waals surface area contributed by atoms with Crippen molar-refractivity contribution in [1.82, 2.24) is 0 Å². The molecule has 2 bridgehead atoms. The molecule has 0 amide bonds. The van der Waals surface area contributed by atoms with E-state index in [4.69, 9.17) is 17.3 Å². The highest BCUT2D eigenvalue weighted by Crippen LogP contribution is 2.49. The maximum atomic E-state index is 13.0. The van der Waals surface area contributed by atoms with Gasteiger partial charge in [0, 0.05) is 11.1 Å². The number of fused-ring (bicyclic) bond motifs is 2. The number of benzene rings is 1. The van der Waals surface area contributed by atoms with Crippen LogP contribution in [0.3, 0.4) is 0 Å². The topological polar surface area (TPSA) is 26.0 Å². The van der Waals surface area contributed by atoms with Crippen LogP contribution in [-0.2, 0) is 6.42 Å². The monoisotopic (exact) mass is 281 g/mol. The van der Waals surface area contributed by atoms with E-state index in [0.717, 1.165) is 36.2 Å². The third-order valence-electron chi connectivity index (χ3n) is 4.99. The minimum absolute atomic E-state index is 0.146. The maximum absolute atomic E-state index is 13.0. The summed E-state index contributed by atoms with van der Waals surface area (Å²) in [6.07, 6.45) is 7.48. The summed E-state index contributed by atoms with van der Waals surface area (Å²) in [5.74, 6) is 2.42. The Bertz CT molecular complexity index is 462. The molecule has 1 aromatic rings. The summed E-state index contributed by atoms with van der Waals surface area (Å²) in [4.78, 5) is 0. The second kappa shape index (κ2) is 5.41. The molecule has 2 aliphatic rings. The van der Waals surface area contributed by atoms with Crippen LogP contribution >= 0.6 is 11.6 Å². The number of nitrogens with two attached hydrogens (primary N) is 1. The van der Waals surface area contributed by atoms with Gasteiger partial charge >= 0.3 is 0 Å². The Morgan fingerprint density at radius 3 is 2.79 bits per heavy atom. The molecule has 2 fully saturated rings. The average molecular weight is 282 g/mol. The highest BCUT2D eigenvalue weighted by atomic mass is 35.5. The summed E-state index contributed by atoms with van der Waals surface area (Å²) < 4.78 is 13.0. The van der Waals surface area contributed by atoms with Gasteiger partial charge < -0.3 is 5.73 Å². The van der Waals surface area contributed by atoms with E-state index in [2.05, 4.69) is 0 Å². The molecule has 4 atom stereocenters. The van der Waals surface area contributed by atoms with Crippen LogP contribution in [0.15, 0.2) is 18.2 Å². The second-order valence-corrected chi connectivity index (χ2v) is 6.78. The highest BCUT2D eigenvalue weighted by molar-refractivity contribution is 6.31. The highest BCUT2D eigenvalue weighted by Gasteiger charge is 2.39. The largest absolute Gasteiger partial charge is 0.327 e. The van der Waals surface area contributed by atoms with E-state index in [0.29, 0.717) is 5.02 Å². The van der Waals surface area contributed by atoms with Gasteiger partial charge in [-0.05, 0) is 67.6 Å². The first-order valence-corrected chi connectivity index (χ1v) is 7.69. The molecule has 2 saturated carbocycles. The lowest BCUT2D eigenvalue weighted by Gasteiger charge is -2.25. The smallest absolute Gasteiger partial charge is 0.124 e. The molecule has 0 aromatic heterocycles. The van der Waals surface area contributed by atoms with Gasteiger partial charge in [0.05, 0.1) is 0 Å². The van der Waals surface area contributed by atoms with Gasteiger partial charge in [-0.15, -0.1) is 0 Å². The zero-order valence-electron chi connectivity index (χ0n) is 11.1. The first-order chi connectivity index (χ1) is 9.11. The van der Waals surface area contributed by atoms with E-state index >= 15 is 0 Å². The zero-order chi connectivity index (χ0) is 13.4. The van der Waals surface area contributed by atoms with Crippen molar-refractivity contribution in [3.05, 3.63) is 34.6 Å². The van der Waals surface area contributed by atoms with Crippen molar-refractivity contribution in [2.75, 3.05) is 0 Å². The summed E-state index contributed by atoms with van der Waals surface area (Å²) in [6.45, 7) is 0. The molecule has 2 aliphatic carbocycles. The molecule has 1 aromatic carbocycles. The fourth-order valence-corrected chi connectivity index (χ4v) is 4.35. The van der Waals surface area contributed by atoms with Crippen molar-refractivity contribution in [3.8, 4) is 0 Å². The predicted molar refractivity (Wildman–Crippen MR) is 76.6 cm³/mol. The summed E-state index contributed by atoms with van der Waals surface area (Å²) in [7, 11) is 0. The zero-order valence-corrected chi connectivity index (χ0v) is 11.9. The van der Waals surface area contributed by atoms with E-state index < -0.39 is 0 Å². The quantitative estimate of drug-likeness (QED) is 0.880. The average Bonchev–Trinajstić information content (AvgIpc) is 2.95. The minimum Gasteiger partial charge on any atom is -0.327 e. The molecule has 3 heteroatoms. The van der Waals surface area contributed by atoms with Crippen LogP contribution in [0.4, 0.5) is 4.39 Å². The SMILES string of the molecule is NC(Cc1ccc(F)cc1Cl)CC1CC2CCC1C2. The number of halogens is 2. The molecule has 0 heterocycles. The van der Waals surface area contributed by atoms with Crippen LogP contribution in [0, 0.1) is 23.6 Å². The molecule has 1 nitrogen and oxygen atoms in total. The van der Waals surface area contributed by atoms with Gasteiger partial charge in [0.2, 0.25) is 0 Å². The van der Waals surface area contributed by atoms with Crippen molar-refractivity contribution >= 4 is 11.6 Å². The summed E-state index contributed by atoms with van der Waals surface area (Å²) in [6, 6.07) is 4.75. The third kappa shape index (κ3) is 2.95. The third-order valence-corrected chi connectivity index (χ3v) is 5.34. The van der Waals surface area contributed by atoms with Crippen LogP contribution in [0.2, 0.25) is 5.02 Å². The minimum atomic E-state index is -0.282. The fourth-order valence-electron chi connectivity index (χ4n) is 4.11. The molecular formula is C16H21ClFN. The van der Waals surface area contributed by atoms with Gasteiger partial charge in [-0.1, -0.05) is 24.1 Å². The van der Waals surface area contributed by atoms with E-state index in [1.165, 1.54) is 37.8 Å². The maximum Gasteiger partial charge on any atom is 0.124 e. The Morgan fingerprint density at radius 2 is 2.16 bits per heavy atom. The first kappa shape index (κ1) is 13.4. The molecule has 0 aliphatic heterocycles. The Balaban J connectivity index is 1.57. The standard InChI is InChI=1S/C16H21ClFN/c17-16-9-14(18)4-3-12(16)7-15(19)8-13-6-10-1-2-11(13)5-10/h3-4,9-11,13,15H,1-2,5-8,19H2. The van der Waals surface area contributed by atoms with Crippen molar-refractivity contribution in [2.45, 2.75) is 44.6 Å². The van der Waals surface area contributed by atoms with Crippen molar-refractivity contribution in [3.63, 3.8) is 0 Å².